The average Bonchev–Trinajstić information content (AvgIpc) is 2.87. The highest BCUT2D eigenvalue weighted by molar-refractivity contribution is 7.16. The first-order chi connectivity index (χ1) is 10.8. The molecule has 0 aliphatic heterocycles. The Morgan fingerprint density at radius 3 is 2.48 bits per heavy atom. The lowest BCUT2D eigenvalue weighted by atomic mass is 10.1. The van der Waals surface area contributed by atoms with E-state index in [4.69, 9.17) is 10.9 Å². The molecule has 124 valence electrons. The lowest BCUT2D eigenvalue weighted by Crippen LogP contribution is -2.22. The standard InChI is InChI=1S/C14H19N5O3S/c1-6-9(4)23-14(11(6)13(15)21)16-10(20)5-19-8(3)12(18-22)7(2)17-19/h18,22H,5H2,1-4H3,(H2,15,21)(H,16,20). The number of hydrogen-bond donors (Lipinski definition) is 4. The highest BCUT2D eigenvalue weighted by Crippen LogP contribution is 2.32. The third-order valence-electron chi connectivity index (χ3n) is 3.67. The van der Waals surface area contributed by atoms with Crippen LogP contribution in [0.25, 0.3) is 0 Å². The predicted molar refractivity (Wildman–Crippen MR) is 88.1 cm³/mol. The van der Waals surface area contributed by atoms with Crippen LogP contribution in [0.1, 0.15) is 32.2 Å². The molecule has 0 spiro atoms. The minimum Gasteiger partial charge on any atom is -0.365 e. The van der Waals surface area contributed by atoms with Gasteiger partial charge in [0.25, 0.3) is 5.91 Å². The Kier molecular flexibility index (Phi) is 4.71. The molecule has 0 radical (unpaired) electrons. The molecule has 8 nitrogen and oxygen atoms in total. The Balaban J connectivity index is 2.21. The number of carbonyl (C=O) groups is 2. The average molecular weight is 337 g/mol. The third-order valence-corrected chi connectivity index (χ3v) is 4.79. The minimum absolute atomic E-state index is 0.0391. The number of rotatable bonds is 5. The fourth-order valence-corrected chi connectivity index (χ4v) is 3.41. The quantitative estimate of drug-likeness (QED) is 0.619. The first-order valence-electron chi connectivity index (χ1n) is 6.90. The maximum atomic E-state index is 12.2. The Morgan fingerprint density at radius 1 is 1.30 bits per heavy atom. The number of aromatic nitrogens is 2. The molecule has 0 fully saturated rings. The molecule has 0 saturated carbocycles. The number of thiophene rings is 1. The van der Waals surface area contributed by atoms with Crippen molar-refractivity contribution in [3.8, 4) is 0 Å². The van der Waals surface area contributed by atoms with Crippen LogP contribution in [0.3, 0.4) is 0 Å². The normalized spacial score (nSPS) is 10.7. The molecule has 0 aliphatic rings. The van der Waals surface area contributed by atoms with Crippen molar-refractivity contribution in [2.45, 2.75) is 34.2 Å². The molecule has 2 heterocycles. The van der Waals surface area contributed by atoms with Crippen LogP contribution in [0.5, 0.6) is 0 Å². The van der Waals surface area contributed by atoms with Crippen molar-refractivity contribution in [3.05, 3.63) is 27.4 Å². The van der Waals surface area contributed by atoms with Gasteiger partial charge in [0, 0.05) is 4.88 Å². The summed E-state index contributed by atoms with van der Waals surface area (Å²) in [4.78, 5) is 24.7. The monoisotopic (exact) mass is 337 g/mol. The van der Waals surface area contributed by atoms with Crippen molar-refractivity contribution in [2.24, 2.45) is 5.73 Å². The number of anilines is 2. The highest BCUT2D eigenvalue weighted by atomic mass is 32.1. The molecule has 0 unspecified atom stereocenters. The van der Waals surface area contributed by atoms with E-state index in [0.717, 1.165) is 10.4 Å². The van der Waals surface area contributed by atoms with E-state index in [-0.39, 0.29) is 12.5 Å². The lowest BCUT2D eigenvalue weighted by Gasteiger charge is -2.07. The van der Waals surface area contributed by atoms with Gasteiger partial charge in [0.05, 0.1) is 17.0 Å². The number of amides is 2. The van der Waals surface area contributed by atoms with Crippen LogP contribution in [0.2, 0.25) is 0 Å². The summed E-state index contributed by atoms with van der Waals surface area (Å²) in [7, 11) is 0. The lowest BCUT2D eigenvalue weighted by molar-refractivity contribution is -0.116. The zero-order valence-corrected chi connectivity index (χ0v) is 14.2. The van der Waals surface area contributed by atoms with Gasteiger partial charge >= 0.3 is 0 Å². The number of carbonyl (C=O) groups excluding carboxylic acids is 2. The van der Waals surface area contributed by atoms with Crippen molar-refractivity contribution in [1.82, 2.24) is 9.78 Å². The summed E-state index contributed by atoms with van der Waals surface area (Å²) in [6.07, 6.45) is 0. The van der Waals surface area contributed by atoms with Gasteiger partial charge in [-0.25, -0.2) is 0 Å². The van der Waals surface area contributed by atoms with Gasteiger partial charge in [-0.05, 0) is 33.3 Å². The van der Waals surface area contributed by atoms with Gasteiger partial charge in [-0.15, -0.1) is 11.3 Å². The molecule has 0 bridgehead atoms. The molecule has 0 atom stereocenters. The number of nitrogens with one attached hydrogen (secondary N) is 2. The van der Waals surface area contributed by atoms with Crippen LogP contribution in [-0.4, -0.2) is 26.8 Å². The zero-order chi connectivity index (χ0) is 17.3. The van der Waals surface area contributed by atoms with Gasteiger partial charge < -0.3 is 11.1 Å². The number of primary amides is 1. The molecule has 2 aromatic rings. The van der Waals surface area contributed by atoms with Gasteiger partial charge in [0.2, 0.25) is 5.91 Å². The molecule has 5 N–H and O–H groups in total. The van der Waals surface area contributed by atoms with E-state index in [1.54, 1.807) is 20.8 Å². The first-order valence-corrected chi connectivity index (χ1v) is 7.71. The Labute approximate surface area is 137 Å². The van der Waals surface area contributed by atoms with Crippen LogP contribution in [0.4, 0.5) is 10.7 Å². The van der Waals surface area contributed by atoms with E-state index in [1.807, 2.05) is 6.92 Å². The second-order valence-electron chi connectivity index (χ2n) is 5.22. The van der Waals surface area contributed by atoms with Crippen molar-refractivity contribution in [2.75, 3.05) is 10.8 Å². The predicted octanol–water partition coefficient (Wildman–Crippen LogP) is 1.72. The van der Waals surface area contributed by atoms with Crippen LogP contribution in [-0.2, 0) is 11.3 Å². The molecule has 0 saturated heterocycles. The van der Waals surface area contributed by atoms with E-state index >= 15 is 0 Å². The summed E-state index contributed by atoms with van der Waals surface area (Å²) in [5, 5.41) is 16.4. The topological polar surface area (TPSA) is 122 Å². The Bertz CT molecular complexity index is 778. The van der Waals surface area contributed by atoms with Gasteiger partial charge in [-0.1, -0.05) is 0 Å². The van der Waals surface area contributed by atoms with E-state index in [2.05, 4.69) is 15.9 Å². The van der Waals surface area contributed by atoms with Crippen molar-refractivity contribution >= 4 is 33.8 Å². The molecule has 2 aromatic heterocycles. The Morgan fingerprint density at radius 2 is 1.96 bits per heavy atom. The van der Waals surface area contributed by atoms with E-state index in [9.17, 15) is 9.59 Å². The molecular formula is C14H19N5O3S. The van der Waals surface area contributed by atoms with E-state index in [0.29, 0.717) is 27.6 Å². The van der Waals surface area contributed by atoms with Gasteiger partial charge in [-0.2, -0.15) is 5.10 Å². The van der Waals surface area contributed by atoms with E-state index in [1.165, 1.54) is 16.0 Å². The van der Waals surface area contributed by atoms with Crippen molar-refractivity contribution in [3.63, 3.8) is 0 Å². The summed E-state index contributed by atoms with van der Waals surface area (Å²) < 4.78 is 1.47. The van der Waals surface area contributed by atoms with Crippen molar-refractivity contribution in [1.29, 1.82) is 0 Å². The highest BCUT2D eigenvalue weighted by Gasteiger charge is 2.20. The van der Waals surface area contributed by atoms with Crippen molar-refractivity contribution < 1.29 is 14.8 Å². The zero-order valence-electron chi connectivity index (χ0n) is 13.4. The number of nitrogens with two attached hydrogens (primary N) is 1. The minimum atomic E-state index is -0.569. The fourth-order valence-electron chi connectivity index (χ4n) is 2.33. The number of nitrogens with zero attached hydrogens (tertiary/aromatic N) is 2. The van der Waals surface area contributed by atoms with Gasteiger partial charge in [0.1, 0.15) is 17.2 Å². The summed E-state index contributed by atoms with van der Waals surface area (Å²) >= 11 is 1.31. The maximum Gasteiger partial charge on any atom is 0.251 e. The molecule has 0 aliphatic carbocycles. The maximum absolute atomic E-state index is 12.2. The largest absolute Gasteiger partial charge is 0.365 e. The van der Waals surface area contributed by atoms with Crippen LogP contribution in [0.15, 0.2) is 0 Å². The molecular weight excluding hydrogens is 318 g/mol. The molecule has 23 heavy (non-hydrogen) atoms. The third kappa shape index (κ3) is 3.20. The molecule has 9 heteroatoms. The molecule has 2 amide bonds. The number of aryl methyl sites for hydroxylation is 2. The van der Waals surface area contributed by atoms with Gasteiger partial charge in [0.15, 0.2) is 0 Å². The van der Waals surface area contributed by atoms with Gasteiger partial charge in [-0.3, -0.25) is 25.0 Å². The smallest absolute Gasteiger partial charge is 0.251 e. The second-order valence-corrected chi connectivity index (χ2v) is 6.44. The fraction of sp³-hybridized carbons (Fsp3) is 0.357. The molecule has 2 rings (SSSR count). The van der Waals surface area contributed by atoms with Crippen LogP contribution >= 0.6 is 11.3 Å². The van der Waals surface area contributed by atoms with E-state index < -0.39 is 5.91 Å². The van der Waals surface area contributed by atoms with Crippen LogP contribution in [0, 0.1) is 27.7 Å². The SMILES string of the molecule is Cc1nn(CC(=O)Nc2sc(C)c(C)c2C(N)=O)c(C)c1NO. The summed E-state index contributed by atoms with van der Waals surface area (Å²) in [6, 6.07) is 0. The summed E-state index contributed by atoms with van der Waals surface area (Å²) in [5.41, 5.74) is 10.3. The molecule has 0 aromatic carbocycles. The first kappa shape index (κ1) is 17.0. The summed E-state index contributed by atoms with van der Waals surface area (Å²) in [6.45, 7) is 7.07. The summed E-state index contributed by atoms with van der Waals surface area (Å²) in [5.74, 6) is -0.899. The second kappa shape index (κ2) is 6.39. The number of hydrogen-bond acceptors (Lipinski definition) is 6. The van der Waals surface area contributed by atoms with Crippen LogP contribution < -0.4 is 16.5 Å². The Hall–Kier alpha value is -2.39.